The topological polar surface area (TPSA) is 161 Å². The summed E-state index contributed by atoms with van der Waals surface area (Å²) in [5, 5.41) is 5.91. The first kappa shape index (κ1) is 28.4. The molecule has 7 N–H and O–H groups in total. The van der Waals surface area contributed by atoms with Gasteiger partial charge >= 0.3 is 104 Å². The molecule has 0 heterocycles. The van der Waals surface area contributed by atoms with Crippen molar-refractivity contribution in [1.82, 2.24) is 0 Å². The van der Waals surface area contributed by atoms with E-state index in [2.05, 4.69) is 0 Å². The van der Waals surface area contributed by atoms with E-state index in [9.17, 15) is 14.2 Å². The molecule has 0 saturated heterocycles. The largest absolute Gasteiger partial charge is 1.00 e. The second-order valence-electron chi connectivity index (χ2n) is 2.75. The smallest absolute Gasteiger partial charge is 1.00 e. The van der Waals surface area contributed by atoms with Crippen molar-refractivity contribution in [2.45, 2.75) is 17.9 Å². The number of rotatable bonds is 5. The van der Waals surface area contributed by atoms with Crippen LogP contribution in [0.2, 0.25) is 0 Å². The standard InChI is InChI=1S/C4H13NO7P2.3Na.3H/c5-3-1-2-4(6,13(7,8)9)14(10,11)12;;;;;;/h6H,1-3,5H2,(H2,7,8,9)(H2,10,11,12);;;;;;/q;3*+1;3*-1. The molecule has 13 heteroatoms. The van der Waals surface area contributed by atoms with E-state index < -0.39 is 26.7 Å². The maximum atomic E-state index is 10.7. The van der Waals surface area contributed by atoms with Crippen LogP contribution in [0.5, 0.6) is 0 Å². The number of nitrogens with two attached hydrogens (primary N) is 1. The summed E-state index contributed by atoms with van der Waals surface area (Å²) in [4.78, 5) is 34.5. The molecule has 0 spiro atoms. The van der Waals surface area contributed by atoms with Gasteiger partial charge in [0.1, 0.15) is 0 Å². The van der Waals surface area contributed by atoms with Gasteiger partial charge in [0, 0.05) is 6.42 Å². The third kappa shape index (κ3) is 8.29. The van der Waals surface area contributed by atoms with Crippen LogP contribution in [0.3, 0.4) is 0 Å². The number of hydrogen-bond acceptors (Lipinski definition) is 4. The average Bonchev–Trinajstić information content (AvgIpc) is 1.95. The Morgan fingerprint density at radius 3 is 1.47 bits per heavy atom. The molecule has 8 nitrogen and oxygen atoms in total. The van der Waals surface area contributed by atoms with Gasteiger partial charge in [-0.3, -0.25) is 9.13 Å². The fourth-order valence-corrected chi connectivity index (χ4v) is 3.06. The maximum absolute atomic E-state index is 10.7. The van der Waals surface area contributed by atoms with Crippen LogP contribution in [0.4, 0.5) is 0 Å². The van der Waals surface area contributed by atoms with Crippen molar-refractivity contribution >= 4 is 15.2 Å². The normalized spacial score (nSPS) is 11.9. The molecule has 0 bridgehead atoms. The van der Waals surface area contributed by atoms with Gasteiger partial charge in [0.05, 0.1) is 0 Å². The number of hydrogen-bond donors (Lipinski definition) is 6. The first-order chi connectivity index (χ1) is 6.06. The van der Waals surface area contributed by atoms with E-state index in [1.165, 1.54) is 0 Å². The van der Waals surface area contributed by atoms with Crippen LogP contribution < -0.4 is 94.4 Å². The summed E-state index contributed by atoms with van der Waals surface area (Å²) >= 11 is 0. The van der Waals surface area contributed by atoms with Gasteiger partial charge in [0.2, 0.25) is 0 Å². The Kier molecular flexibility index (Phi) is 18.2. The molecule has 0 atom stereocenters. The first-order valence-corrected chi connectivity index (χ1v) is 6.82. The predicted octanol–water partition coefficient (Wildman–Crippen LogP) is -9.92. The van der Waals surface area contributed by atoms with E-state index >= 15 is 0 Å². The van der Waals surface area contributed by atoms with E-state index in [4.69, 9.17) is 25.3 Å². The maximum Gasteiger partial charge on any atom is 1.00 e. The molecule has 92 valence electrons. The van der Waals surface area contributed by atoms with Crippen LogP contribution >= 0.6 is 15.2 Å². The fourth-order valence-electron chi connectivity index (χ4n) is 0.800. The van der Waals surface area contributed by atoms with Gasteiger partial charge in [-0.25, -0.2) is 0 Å². The molecule has 0 unspecified atom stereocenters. The van der Waals surface area contributed by atoms with Crippen LogP contribution in [0.1, 0.15) is 17.1 Å². The molecular formula is C4H16NNa3O7P2. The molecular weight excluding hydrogens is 305 g/mol. The molecule has 0 aliphatic carbocycles. The van der Waals surface area contributed by atoms with Crippen molar-refractivity contribution in [3.8, 4) is 0 Å². The minimum absolute atomic E-state index is 0. The van der Waals surface area contributed by atoms with Crippen molar-refractivity contribution in [2.24, 2.45) is 5.73 Å². The van der Waals surface area contributed by atoms with Crippen LogP contribution in [-0.2, 0) is 9.13 Å². The van der Waals surface area contributed by atoms with Gasteiger partial charge in [0.15, 0.2) is 0 Å². The summed E-state index contributed by atoms with van der Waals surface area (Å²) in [7, 11) is -10.6. The summed E-state index contributed by atoms with van der Waals surface area (Å²) in [6, 6.07) is 0. The Bertz CT molecular complexity index is 281. The monoisotopic (exact) mass is 321 g/mol. The van der Waals surface area contributed by atoms with E-state index in [-0.39, 0.29) is 106 Å². The average molecular weight is 321 g/mol. The van der Waals surface area contributed by atoms with Gasteiger partial charge in [-0.1, -0.05) is 0 Å². The predicted molar refractivity (Wildman–Crippen MR) is 50.7 cm³/mol. The van der Waals surface area contributed by atoms with E-state index in [0.717, 1.165) is 0 Å². The Balaban J connectivity index is -0.0000000563. The molecule has 0 amide bonds. The fraction of sp³-hybridized carbons (Fsp3) is 1.00. The molecule has 0 aromatic rings. The minimum Gasteiger partial charge on any atom is -1.00 e. The van der Waals surface area contributed by atoms with Crippen LogP contribution in [0, 0.1) is 0 Å². The SMILES string of the molecule is NCCCC(O)(P(=O)(O)O)P(=O)(O)O.[H-].[H-].[H-].[Na+].[Na+].[Na+]. The Labute approximate surface area is 170 Å². The molecule has 17 heavy (non-hydrogen) atoms. The zero-order valence-electron chi connectivity index (χ0n) is 13.1. The van der Waals surface area contributed by atoms with Gasteiger partial charge in [-0.15, -0.1) is 0 Å². The van der Waals surface area contributed by atoms with Crippen LogP contribution in [-0.4, -0.2) is 36.3 Å². The summed E-state index contributed by atoms with van der Waals surface area (Å²) in [5.41, 5.74) is 5.01. The molecule has 0 saturated carbocycles. The minimum atomic E-state index is -5.30. The summed E-state index contributed by atoms with van der Waals surface area (Å²) in [6.07, 6.45) is -0.856. The summed E-state index contributed by atoms with van der Waals surface area (Å²) < 4.78 is 21.4. The van der Waals surface area contributed by atoms with Crippen molar-refractivity contribution in [1.29, 1.82) is 0 Å². The third-order valence-electron chi connectivity index (χ3n) is 1.65. The quantitative estimate of drug-likeness (QED) is 0.215. The third-order valence-corrected chi connectivity index (χ3v) is 5.53. The van der Waals surface area contributed by atoms with Crippen LogP contribution in [0.15, 0.2) is 0 Å². The Morgan fingerprint density at radius 1 is 1.00 bits per heavy atom. The van der Waals surface area contributed by atoms with Crippen molar-refractivity contribution in [3.05, 3.63) is 0 Å². The van der Waals surface area contributed by atoms with Crippen molar-refractivity contribution in [2.75, 3.05) is 6.54 Å². The first-order valence-electron chi connectivity index (χ1n) is 3.60. The summed E-state index contributed by atoms with van der Waals surface area (Å²) in [6.45, 7) is -0.0394. The second-order valence-corrected chi connectivity index (χ2v) is 6.76. The van der Waals surface area contributed by atoms with E-state index in [1.54, 1.807) is 0 Å². The van der Waals surface area contributed by atoms with Crippen molar-refractivity contribution in [3.63, 3.8) is 0 Å². The van der Waals surface area contributed by atoms with Crippen LogP contribution in [0.25, 0.3) is 0 Å². The Hall–Kier alpha value is 3.22. The van der Waals surface area contributed by atoms with Gasteiger partial charge < -0.3 is 34.7 Å². The zero-order chi connectivity index (χ0) is 11.6. The molecule has 0 fully saturated rings. The Morgan fingerprint density at radius 2 is 1.29 bits per heavy atom. The molecule has 0 rings (SSSR count). The zero-order valence-corrected chi connectivity index (χ0v) is 17.9. The van der Waals surface area contributed by atoms with E-state index in [1.807, 2.05) is 0 Å². The molecule has 0 aliphatic heterocycles. The van der Waals surface area contributed by atoms with Gasteiger partial charge in [0.25, 0.3) is 5.08 Å². The van der Waals surface area contributed by atoms with Crippen molar-refractivity contribution < 1.29 is 127 Å². The molecule has 0 radical (unpaired) electrons. The van der Waals surface area contributed by atoms with Gasteiger partial charge in [-0.2, -0.15) is 0 Å². The molecule has 0 aromatic heterocycles. The number of aliphatic hydroxyl groups is 1. The molecule has 0 aromatic carbocycles. The summed E-state index contributed by atoms with van der Waals surface area (Å²) in [5.74, 6) is 0. The molecule has 0 aliphatic rings. The van der Waals surface area contributed by atoms with E-state index in [0.29, 0.717) is 0 Å². The second kappa shape index (κ2) is 10.9. The van der Waals surface area contributed by atoms with Gasteiger partial charge in [-0.05, 0) is 13.0 Å².